The summed E-state index contributed by atoms with van der Waals surface area (Å²) in [6.45, 7) is 0. The standard InChI is InChI=1S/C80H50/c1-7-27-52(28-8-1)69-62-41-22-20-39-58(62)48-59-49-60-50-68-70(53-29-9-2-10-30-53)71(54-31-11-3-12-32-54)72(55-33-13-4-14-34-55)73(56-35-15-5-16-36-56)80(68)74(57-37-17-6-18-38-57)76(60)79(75(59)69)67-45-25-44-65-63-42-23-24-43-64(63)66-47-46-51-26-19-21-40-61(51)77(66)78(65)67/h1-50H. The fourth-order valence-corrected chi connectivity index (χ4v) is 13.7. The Morgan fingerprint density at radius 2 is 0.525 bits per heavy atom. The van der Waals surface area contributed by atoms with E-state index in [-0.39, 0.29) is 0 Å². The van der Waals surface area contributed by atoms with Gasteiger partial charge in [0.1, 0.15) is 0 Å². The molecule has 370 valence electrons. The van der Waals surface area contributed by atoms with E-state index >= 15 is 0 Å². The molecule has 0 bridgehead atoms. The lowest BCUT2D eigenvalue weighted by Crippen LogP contribution is -2.01. The molecule has 0 unspecified atom stereocenters. The van der Waals surface area contributed by atoms with Gasteiger partial charge in [0.2, 0.25) is 0 Å². The van der Waals surface area contributed by atoms with E-state index in [1.165, 1.54) is 153 Å². The maximum Gasteiger partial charge on any atom is -0.000719 e. The third-order valence-electron chi connectivity index (χ3n) is 16.9. The van der Waals surface area contributed by atoms with E-state index in [0.717, 1.165) is 11.1 Å². The summed E-state index contributed by atoms with van der Waals surface area (Å²) in [5, 5.41) is 19.7. The van der Waals surface area contributed by atoms with Crippen LogP contribution >= 0.6 is 0 Å². The van der Waals surface area contributed by atoms with Gasteiger partial charge in [-0.05, 0) is 182 Å². The van der Waals surface area contributed by atoms with Gasteiger partial charge in [-0.15, -0.1) is 0 Å². The number of hydrogen-bond acceptors (Lipinski definition) is 0. The quantitative estimate of drug-likeness (QED) is 0.110. The first-order chi connectivity index (χ1) is 39.8. The van der Waals surface area contributed by atoms with Crippen LogP contribution in [0.25, 0.3) is 164 Å². The number of hydrogen-bond donors (Lipinski definition) is 0. The van der Waals surface area contributed by atoms with Crippen LogP contribution in [0, 0.1) is 0 Å². The summed E-state index contributed by atoms with van der Waals surface area (Å²) in [5.41, 5.74) is 16.7. The van der Waals surface area contributed by atoms with E-state index < -0.39 is 0 Å². The zero-order valence-electron chi connectivity index (χ0n) is 43.9. The van der Waals surface area contributed by atoms with E-state index in [9.17, 15) is 0 Å². The van der Waals surface area contributed by atoms with Crippen LogP contribution in [0.15, 0.2) is 303 Å². The van der Waals surface area contributed by atoms with Crippen molar-refractivity contribution in [3.63, 3.8) is 0 Å². The van der Waals surface area contributed by atoms with Crippen LogP contribution in [0.2, 0.25) is 0 Å². The zero-order valence-corrected chi connectivity index (χ0v) is 43.9. The van der Waals surface area contributed by atoms with E-state index in [1.807, 2.05) is 0 Å². The average molecular weight is 1010 g/mol. The largest absolute Gasteiger partial charge is 0.0622 e. The van der Waals surface area contributed by atoms with Gasteiger partial charge < -0.3 is 0 Å². The molecule has 0 heterocycles. The van der Waals surface area contributed by atoms with Crippen molar-refractivity contribution in [2.24, 2.45) is 0 Å². The Kier molecular flexibility index (Phi) is 10.7. The third kappa shape index (κ3) is 7.09. The molecule has 0 aromatic heterocycles. The molecule has 0 atom stereocenters. The second-order valence-electron chi connectivity index (χ2n) is 21.3. The summed E-state index contributed by atoms with van der Waals surface area (Å²) in [4.78, 5) is 0. The molecule has 0 aliphatic heterocycles. The second-order valence-corrected chi connectivity index (χ2v) is 21.3. The highest BCUT2D eigenvalue weighted by Crippen LogP contribution is 2.58. The Bertz CT molecular complexity index is 5100. The molecule has 0 nitrogen and oxygen atoms in total. The van der Waals surface area contributed by atoms with Crippen molar-refractivity contribution < 1.29 is 0 Å². The molecule has 0 aliphatic carbocycles. The highest BCUT2D eigenvalue weighted by Gasteiger charge is 2.30. The van der Waals surface area contributed by atoms with Crippen LogP contribution in [0.5, 0.6) is 0 Å². The van der Waals surface area contributed by atoms with Crippen LogP contribution in [0.1, 0.15) is 0 Å². The lowest BCUT2D eigenvalue weighted by molar-refractivity contribution is 1.57. The first kappa shape index (κ1) is 45.8. The maximum atomic E-state index is 2.57. The molecule has 0 N–H and O–H groups in total. The van der Waals surface area contributed by atoms with Crippen LogP contribution in [-0.2, 0) is 0 Å². The minimum Gasteiger partial charge on any atom is -0.0622 e. The summed E-state index contributed by atoms with van der Waals surface area (Å²) in [6.07, 6.45) is 0. The lowest BCUT2D eigenvalue weighted by atomic mass is 9.74. The number of benzene rings is 16. The highest BCUT2D eigenvalue weighted by molar-refractivity contribution is 6.38. The van der Waals surface area contributed by atoms with Crippen molar-refractivity contribution in [2.45, 2.75) is 0 Å². The van der Waals surface area contributed by atoms with Crippen LogP contribution in [-0.4, -0.2) is 0 Å². The molecule has 0 spiro atoms. The molecule has 0 fully saturated rings. The van der Waals surface area contributed by atoms with Gasteiger partial charge in [-0.1, -0.05) is 285 Å². The third-order valence-corrected chi connectivity index (χ3v) is 16.9. The smallest absolute Gasteiger partial charge is 0.000719 e. The first-order valence-electron chi connectivity index (χ1n) is 27.8. The minimum atomic E-state index is 1.16. The van der Waals surface area contributed by atoms with Crippen molar-refractivity contribution in [2.75, 3.05) is 0 Å². The van der Waals surface area contributed by atoms with Crippen molar-refractivity contribution in [1.82, 2.24) is 0 Å². The van der Waals surface area contributed by atoms with Crippen molar-refractivity contribution >= 4 is 86.2 Å². The summed E-state index contributed by atoms with van der Waals surface area (Å²) in [7, 11) is 0. The molecular formula is C80H50. The normalized spacial score (nSPS) is 11.8. The number of fused-ring (bicyclic) bond motifs is 12. The maximum absolute atomic E-state index is 2.57. The molecule has 16 aromatic carbocycles. The fourth-order valence-electron chi connectivity index (χ4n) is 13.7. The molecule has 0 saturated carbocycles. The Morgan fingerprint density at radius 1 is 0.138 bits per heavy atom. The minimum absolute atomic E-state index is 1.16. The van der Waals surface area contributed by atoms with Crippen LogP contribution in [0.4, 0.5) is 0 Å². The topological polar surface area (TPSA) is 0 Å². The van der Waals surface area contributed by atoms with Crippen molar-refractivity contribution in [1.29, 1.82) is 0 Å². The fraction of sp³-hybridized carbons (Fsp3) is 0. The lowest BCUT2D eigenvalue weighted by Gasteiger charge is -2.28. The van der Waals surface area contributed by atoms with Gasteiger partial charge in [0, 0.05) is 0 Å². The summed E-state index contributed by atoms with van der Waals surface area (Å²) in [5.74, 6) is 0. The monoisotopic (exact) mass is 1010 g/mol. The zero-order chi connectivity index (χ0) is 52.7. The summed E-state index contributed by atoms with van der Waals surface area (Å²) < 4.78 is 0. The predicted molar refractivity (Wildman–Crippen MR) is 345 cm³/mol. The van der Waals surface area contributed by atoms with Gasteiger partial charge >= 0.3 is 0 Å². The molecule has 16 aromatic rings. The molecule has 16 rings (SSSR count). The predicted octanol–water partition coefficient (Wildman–Crippen LogP) is 22.6. The Balaban J connectivity index is 1.26. The average Bonchev–Trinajstić information content (AvgIpc) is 3.71. The highest BCUT2D eigenvalue weighted by atomic mass is 14.3. The molecule has 0 saturated heterocycles. The van der Waals surface area contributed by atoms with Gasteiger partial charge in [0.25, 0.3) is 0 Å². The molecule has 0 radical (unpaired) electrons. The van der Waals surface area contributed by atoms with Crippen LogP contribution < -0.4 is 0 Å². The van der Waals surface area contributed by atoms with Gasteiger partial charge in [0.15, 0.2) is 0 Å². The molecule has 80 heavy (non-hydrogen) atoms. The summed E-state index contributed by atoms with van der Waals surface area (Å²) in [6, 6.07) is 114. The van der Waals surface area contributed by atoms with Crippen LogP contribution in [0.3, 0.4) is 0 Å². The first-order valence-corrected chi connectivity index (χ1v) is 27.8. The molecule has 0 amide bonds. The summed E-state index contributed by atoms with van der Waals surface area (Å²) >= 11 is 0. The molecule has 0 heteroatoms. The van der Waals surface area contributed by atoms with Gasteiger partial charge in [-0.25, -0.2) is 0 Å². The molecular weight excluding hydrogens is 961 g/mol. The SMILES string of the molecule is c1ccc(-c2c(-c3ccccc3)c(-c3ccccc3)c3c(-c4ccccc4)c4c(-c5cccc6c7ccccc7c7ccc8ccccc8c7c56)c5c(-c6ccccc6)c6ccccc6cc5cc4cc3c2-c2ccccc2)cc1. The van der Waals surface area contributed by atoms with E-state index in [4.69, 9.17) is 0 Å². The molecule has 0 aliphatic rings. The second kappa shape index (κ2) is 18.7. The van der Waals surface area contributed by atoms with Crippen molar-refractivity contribution in [3.05, 3.63) is 303 Å². The van der Waals surface area contributed by atoms with Gasteiger partial charge in [-0.2, -0.15) is 0 Å². The Hall–Kier alpha value is -10.4. The Morgan fingerprint density at radius 3 is 1.10 bits per heavy atom. The Labute approximate surface area is 464 Å². The van der Waals surface area contributed by atoms with Crippen molar-refractivity contribution in [3.8, 4) is 77.9 Å². The van der Waals surface area contributed by atoms with E-state index in [2.05, 4.69) is 303 Å². The van der Waals surface area contributed by atoms with Gasteiger partial charge in [-0.3, -0.25) is 0 Å². The number of rotatable bonds is 7. The van der Waals surface area contributed by atoms with Gasteiger partial charge in [0.05, 0.1) is 0 Å². The van der Waals surface area contributed by atoms with E-state index in [0.29, 0.717) is 0 Å². The van der Waals surface area contributed by atoms with E-state index in [1.54, 1.807) is 0 Å².